The summed E-state index contributed by atoms with van der Waals surface area (Å²) in [4.78, 5) is 26.9. The number of nitro benzene ring substituents is 1. The number of aromatic nitrogens is 2. The molecule has 3 aromatic rings. The Morgan fingerprint density at radius 1 is 1.04 bits per heavy atom. The highest BCUT2D eigenvalue weighted by Crippen LogP contribution is 2.21. The number of benzene rings is 1. The highest BCUT2D eigenvalue weighted by molar-refractivity contribution is 5.93. The Balaban J connectivity index is 1.42. The van der Waals surface area contributed by atoms with E-state index in [0.29, 0.717) is 31.9 Å². The number of nitro groups is 1. The number of hydrogen-bond donors (Lipinski definition) is 0. The molecule has 1 amide bonds. The van der Waals surface area contributed by atoms with Gasteiger partial charge in [-0.1, -0.05) is 6.07 Å². The summed E-state index contributed by atoms with van der Waals surface area (Å²) in [5.74, 6) is -0.0722. The molecule has 3 heterocycles. The zero-order chi connectivity index (χ0) is 18.1. The molecular formula is C18H17N5O3. The lowest BCUT2D eigenvalue weighted by Crippen LogP contribution is -2.48. The van der Waals surface area contributed by atoms with E-state index in [1.807, 2.05) is 24.4 Å². The summed E-state index contributed by atoms with van der Waals surface area (Å²) in [6, 6.07) is 14.0. The van der Waals surface area contributed by atoms with Gasteiger partial charge in [-0.3, -0.25) is 14.9 Å². The van der Waals surface area contributed by atoms with Crippen molar-refractivity contribution in [1.29, 1.82) is 0 Å². The molecule has 1 aliphatic heterocycles. The Hall–Kier alpha value is -3.42. The summed E-state index contributed by atoms with van der Waals surface area (Å²) < 4.78 is 1.69. The minimum Gasteiger partial charge on any atom is -0.368 e. The van der Waals surface area contributed by atoms with Crippen LogP contribution in [0.4, 0.5) is 11.4 Å². The predicted molar refractivity (Wildman–Crippen MR) is 96.4 cm³/mol. The van der Waals surface area contributed by atoms with Crippen LogP contribution < -0.4 is 4.90 Å². The average molecular weight is 351 g/mol. The van der Waals surface area contributed by atoms with Gasteiger partial charge in [0.25, 0.3) is 11.6 Å². The maximum absolute atomic E-state index is 12.7. The molecule has 2 aromatic heterocycles. The number of carbonyl (C=O) groups excluding carboxylic acids is 1. The molecule has 0 atom stereocenters. The molecule has 1 saturated heterocycles. The molecule has 1 aliphatic rings. The predicted octanol–water partition coefficient (Wildman–Crippen LogP) is 2.20. The highest BCUT2D eigenvalue weighted by atomic mass is 16.6. The first-order valence-electron chi connectivity index (χ1n) is 8.35. The molecule has 8 nitrogen and oxygen atoms in total. The molecule has 132 valence electrons. The summed E-state index contributed by atoms with van der Waals surface area (Å²) in [6.45, 7) is 2.53. The standard InChI is InChI=1S/C18H17N5O3/c24-18(17-13-16-3-1-2-8-22(16)19-17)21-11-9-20(10-12-21)14-4-6-15(7-5-14)23(25)26/h1-8,13H,9-12H2. The van der Waals surface area contributed by atoms with E-state index in [1.54, 1.807) is 27.6 Å². The Morgan fingerprint density at radius 3 is 2.42 bits per heavy atom. The summed E-state index contributed by atoms with van der Waals surface area (Å²) in [5.41, 5.74) is 2.34. The smallest absolute Gasteiger partial charge is 0.274 e. The van der Waals surface area contributed by atoms with E-state index in [2.05, 4.69) is 10.00 Å². The van der Waals surface area contributed by atoms with Crippen molar-refractivity contribution >= 4 is 22.8 Å². The highest BCUT2D eigenvalue weighted by Gasteiger charge is 2.24. The molecule has 1 fully saturated rings. The molecule has 4 rings (SSSR count). The number of rotatable bonds is 3. The number of anilines is 1. The van der Waals surface area contributed by atoms with Gasteiger partial charge in [0, 0.05) is 50.2 Å². The van der Waals surface area contributed by atoms with Crippen LogP contribution in [0.2, 0.25) is 0 Å². The van der Waals surface area contributed by atoms with Gasteiger partial charge in [-0.25, -0.2) is 4.52 Å². The first-order chi connectivity index (χ1) is 12.6. The number of hydrogen-bond acceptors (Lipinski definition) is 5. The lowest BCUT2D eigenvalue weighted by atomic mass is 10.2. The second kappa shape index (κ2) is 6.47. The number of fused-ring (bicyclic) bond motifs is 1. The van der Waals surface area contributed by atoms with Gasteiger partial charge in [0.2, 0.25) is 0 Å². The summed E-state index contributed by atoms with van der Waals surface area (Å²) in [5, 5.41) is 15.1. The zero-order valence-electron chi connectivity index (χ0n) is 14.0. The first-order valence-corrected chi connectivity index (χ1v) is 8.35. The molecule has 0 unspecified atom stereocenters. The van der Waals surface area contributed by atoms with Gasteiger partial charge >= 0.3 is 0 Å². The van der Waals surface area contributed by atoms with Gasteiger partial charge in [-0.15, -0.1) is 0 Å². The van der Waals surface area contributed by atoms with Crippen LogP contribution in [0, 0.1) is 10.1 Å². The SMILES string of the molecule is O=C(c1cc2ccccn2n1)N1CCN(c2ccc([N+](=O)[O-])cc2)CC1. The largest absolute Gasteiger partial charge is 0.368 e. The Bertz CT molecular complexity index is 925. The number of nitrogens with zero attached hydrogens (tertiary/aromatic N) is 5. The molecule has 0 N–H and O–H groups in total. The van der Waals surface area contributed by atoms with Crippen LogP contribution in [0.15, 0.2) is 54.7 Å². The summed E-state index contributed by atoms with van der Waals surface area (Å²) >= 11 is 0. The average Bonchev–Trinajstić information content (AvgIpc) is 3.12. The third-order valence-corrected chi connectivity index (χ3v) is 4.58. The van der Waals surface area contributed by atoms with E-state index < -0.39 is 4.92 Å². The Kier molecular flexibility index (Phi) is 4.00. The van der Waals surface area contributed by atoms with Gasteiger partial charge in [0.1, 0.15) is 0 Å². The van der Waals surface area contributed by atoms with E-state index in [-0.39, 0.29) is 11.6 Å². The molecule has 0 aliphatic carbocycles. The number of pyridine rings is 1. The third-order valence-electron chi connectivity index (χ3n) is 4.58. The maximum Gasteiger partial charge on any atom is 0.274 e. The van der Waals surface area contributed by atoms with E-state index in [4.69, 9.17) is 0 Å². The second-order valence-corrected chi connectivity index (χ2v) is 6.15. The minimum absolute atomic E-state index is 0.0722. The van der Waals surface area contributed by atoms with Crippen molar-refractivity contribution in [2.75, 3.05) is 31.1 Å². The monoisotopic (exact) mass is 351 g/mol. The lowest BCUT2D eigenvalue weighted by Gasteiger charge is -2.35. The van der Waals surface area contributed by atoms with Crippen LogP contribution in [0.1, 0.15) is 10.5 Å². The normalized spacial score (nSPS) is 14.6. The topological polar surface area (TPSA) is 84.0 Å². The first kappa shape index (κ1) is 16.1. The van der Waals surface area contributed by atoms with Crippen molar-refractivity contribution in [3.63, 3.8) is 0 Å². The van der Waals surface area contributed by atoms with Gasteiger partial charge in [0.05, 0.1) is 10.4 Å². The molecule has 1 aromatic carbocycles. The molecule has 0 radical (unpaired) electrons. The molecule has 0 bridgehead atoms. The van der Waals surface area contributed by atoms with Crippen molar-refractivity contribution in [3.8, 4) is 0 Å². The van der Waals surface area contributed by atoms with Gasteiger partial charge < -0.3 is 9.80 Å². The van der Waals surface area contributed by atoms with Crippen LogP contribution in [-0.4, -0.2) is 51.5 Å². The number of amides is 1. The number of carbonyl (C=O) groups is 1. The molecule has 0 spiro atoms. The second-order valence-electron chi connectivity index (χ2n) is 6.15. The van der Waals surface area contributed by atoms with Gasteiger partial charge in [0.15, 0.2) is 5.69 Å². The van der Waals surface area contributed by atoms with Crippen molar-refractivity contribution in [2.45, 2.75) is 0 Å². The third kappa shape index (κ3) is 2.97. The van der Waals surface area contributed by atoms with Crippen molar-refractivity contribution in [3.05, 3.63) is 70.5 Å². The fourth-order valence-electron chi connectivity index (χ4n) is 3.16. The van der Waals surface area contributed by atoms with E-state index in [0.717, 1.165) is 11.2 Å². The number of non-ortho nitro benzene ring substituents is 1. The summed E-state index contributed by atoms with van der Waals surface area (Å²) in [7, 11) is 0. The van der Waals surface area contributed by atoms with Crippen LogP contribution in [0.3, 0.4) is 0 Å². The zero-order valence-corrected chi connectivity index (χ0v) is 14.0. The maximum atomic E-state index is 12.7. The Morgan fingerprint density at radius 2 is 1.77 bits per heavy atom. The fraction of sp³-hybridized carbons (Fsp3) is 0.222. The van der Waals surface area contributed by atoms with Crippen molar-refractivity contribution in [1.82, 2.24) is 14.5 Å². The molecule has 26 heavy (non-hydrogen) atoms. The fourth-order valence-corrected chi connectivity index (χ4v) is 3.16. The van der Waals surface area contributed by atoms with Gasteiger partial charge in [-0.2, -0.15) is 5.10 Å². The molecule has 8 heteroatoms. The van der Waals surface area contributed by atoms with Crippen LogP contribution >= 0.6 is 0 Å². The van der Waals surface area contributed by atoms with Crippen molar-refractivity contribution < 1.29 is 9.72 Å². The van der Waals surface area contributed by atoms with Crippen molar-refractivity contribution in [2.24, 2.45) is 0 Å². The van der Waals surface area contributed by atoms with E-state index in [9.17, 15) is 14.9 Å². The van der Waals surface area contributed by atoms with Crippen LogP contribution in [0.25, 0.3) is 5.52 Å². The van der Waals surface area contributed by atoms with Crippen LogP contribution in [-0.2, 0) is 0 Å². The van der Waals surface area contributed by atoms with Crippen LogP contribution in [0.5, 0.6) is 0 Å². The molecular weight excluding hydrogens is 334 g/mol. The lowest BCUT2D eigenvalue weighted by molar-refractivity contribution is -0.384. The Labute approximate surface area is 149 Å². The van der Waals surface area contributed by atoms with E-state index >= 15 is 0 Å². The summed E-state index contributed by atoms with van der Waals surface area (Å²) in [6.07, 6.45) is 1.82. The number of piperazine rings is 1. The minimum atomic E-state index is -0.408. The van der Waals surface area contributed by atoms with E-state index in [1.165, 1.54) is 12.1 Å². The van der Waals surface area contributed by atoms with Gasteiger partial charge in [-0.05, 0) is 30.3 Å². The molecule has 0 saturated carbocycles. The quantitative estimate of drug-likeness (QED) is 0.533.